The molecule has 0 radical (unpaired) electrons. The summed E-state index contributed by atoms with van der Waals surface area (Å²) in [5, 5.41) is 3.51. The van der Waals surface area contributed by atoms with Crippen molar-refractivity contribution >= 4 is 0 Å². The summed E-state index contributed by atoms with van der Waals surface area (Å²) in [6.45, 7) is 10.7. The van der Waals surface area contributed by atoms with Gasteiger partial charge in [0.15, 0.2) is 0 Å². The highest BCUT2D eigenvalue weighted by Gasteiger charge is 2.22. The van der Waals surface area contributed by atoms with Gasteiger partial charge in [-0.1, -0.05) is 0 Å². The summed E-state index contributed by atoms with van der Waals surface area (Å²) in [5.41, 5.74) is 1.44. The van der Waals surface area contributed by atoms with Gasteiger partial charge in [-0.2, -0.15) is 0 Å². The van der Waals surface area contributed by atoms with Crippen LogP contribution in [0, 0.1) is 0 Å². The third-order valence-corrected chi connectivity index (χ3v) is 4.22. The molecule has 0 spiro atoms. The summed E-state index contributed by atoms with van der Waals surface area (Å²) in [7, 11) is 4.37. The van der Waals surface area contributed by atoms with Crippen molar-refractivity contribution < 1.29 is 4.42 Å². The van der Waals surface area contributed by atoms with Crippen LogP contribution in [-0.4, -0.2) is 48.6 Å². The maximum absolute atomic E-state index is 5.68. The topological polar surface area (TPSA) is 31.6 Å². The summed E-state index contributed by atoms with van der Waals surface area (Å²) in [6, 6.07) is 2.81. The largest absolute Gasteiger partial charge is 0.468 e. The van der Waals surface area contributed by atoms with Gasteiger partial charge in [-0.25, -0.2) is 0 Å². The van der Waals surface area contributed by atoms with E-state index < -0.39 is 0 Å². The fourth-order valence-corrected chi connectivity index (χ4v) is 2.85. The van der Waals surface area contributed by atoms with Gasteiger partial charge in [0.2, 0.25) is 0 Å². The van der Waals surface area contributed by atoms with E-state index in [9.17, 15) is 0 Å². The van der Waals surface area contributed by atoms with Crippen LogP contribution in [0.3, 0.4) is 0 Å². The predicted octanol–water partition coefficient (Wildman–Crippen LogP) is 2.69. The molecule has 1 atom stereocenters. The first kappa shape index (κ1) is 16.5. The van der Waals surface area contributed by atoms with Crippen molar-refractivity contribution in [2.75, 3.05) is 27.2 Å². The van der Waals surface area contributed by atoms with Gasteiger partial charge < -0.3 is 14.6 Å². The molecule has 0 aromatic carbocycles. The number of furan rings is 1. The molecule has 0 amide bonds. The van der Waals surface area contributed by atoms with Crippen LogP contribution < -0.4 is 5.32 Å². The van der Waals surface area contributed by atoms with E-state index in [1.165, 1.54) is 24.9 Å². The molecule has 0 aliphatic carbocycles. The number of likely N-dealkylation sites (N-methyl/N-ethyl adjacent to an activating group) is 1. The fraction of sp³-hybridized carbons (Fsp3) is 0.765. The van der Waals surface area contributed by atoms with Crippen molar-refractivity contribution in [2.45, 2.75) is 58.3 Å². The minimum atomic E-state index is 0.116. The van der Waals surface area contributed by atoms with Gasteiger partial charge in [0, 0.05) is 30.2 Å². The molecule has 0 saturated carbocycles. The SMILES string of the molecule is CN(C)C1CCCN(Cc2ccoc2CNC(C)(C)C)C1. The zero-order valence-corrected chi connectivity index (χ0v) is 14.3. The molecule has 1 aromatic rings. The summed E-state index contributed by atoms with van der Waals surface area (Å²) in [6.07, 6.45) is 4.42. The maximum Gasteiger partial charge on any atom is 0.122 e. The molecule has 1 aliphatic rings. The van der Waals surface area contributed by atoms with Crippen LogP contribution in [-0.2, 0) is 13.1 Å². The quantitative estimate of drug-likeness (QED) is 0.904. The summed E-state index contributed by atoms with van der Waals surface area (Å²) in [5.74, 6) is 1.08. The van der Waals surface area contributed by atoms with Gasteiger partial charge in [-0.05, 0) is 60.3 Å². The fourth-order valence-electron chi connectivity index (χ4n) is 2.85. The third kappa shape index (κ3) is 5.13. The number of hydrogen-bond acceptors (Lipinski definition) is 4. The molecule has 4 nitrogen and oxygen atoms in total. The molecule has 1 aromatic heterocycles. The van der Waals surface area contributed by atoms with Crippen LogP contribution in [0.5, 0.6) is 0 Å². The lowest BCUT2D eigenvalue weighted by Crippen LogP contribution is -2.44. The second kappa shape index (κ2) is 6.95. The molecule has 1 aliphatic heterocycles. The van der Waals surface area contributed by atoms with Gasteiger partial charge in [-0.3, -0.25) is 4.90 Å². The van der Waals surface area contributed by atoms with E-state index >= 15 is 0 Å². The smallest absolute Gasteiger partial charge is 0.122 e. The van der Waals surface area contributed by atoms with E-state index in [0.717, 1.165) is 25.4 Å². The number of piperidine rings is 1. The Morgan fingerprint density at radius 2 is 2.14 bits per heavy atom. The number of nitrogens with zero attached hydrogens (tertiary/aromatic N) is 2. The third-order valence-electron chi connectivity index (χ3n) is 4.22. The monoisotopic (exact) mass is 293 g/mol. The van der Waals surface area contributed by atoms with E-state index in [1.54, 1.807) is 0 Å². The average molecular weight is 293 g/mol. The zero-order chi connectivity index (χ0) is 15.5. The summed E-state index contributed by atoms with van der Waals surface area (Å²) in [4.78, 5) is 4.91. The van der Waals surface area contributed by atoms with Crippen molar-refractivity contribution in [1.29, 1.82) is 0 Å². The first-order chi connectivity index (χ1) is 9.85. The van der Waals surface area contributed by atoms with Gasteiger partial charge in [0.25, 0.3) is 0 Å². The van der Waals surface area contributed by atoms with Crippen molar-refractivity contribution in [3.63, 3.8) is 0 Å². The van der Waals surface area contributed by atoms with E-state index in [2.05, 4.69) is 56.0 Å². The molecular weight excluding hydrogens is 262 g/mol. The molecule has 1 fully saturated rings. The second-order valence-electron chi connectivity index (χ2n) is 7.47. The Labute approximate surface area is 129 Å². The highest BCUT2D eigenvalue weighted by Crippen LogP contribution is 2.19. The van der Waals surface area contributed by atoms with E-state index in [0.29, 0.717) is 6.04 Å². The number of hydrogen-bond donors (Lipinski definition) is 1. The van der Waals surface area contributed by atoms with Crippen LogP contribution >= 0.6 is 0 Å². The van der Waals surface area contributed by atoms with Crippen molar-refractivity contribution in [3.05, 3.63) is 23.7 Å². The van der Waals surface area contributed by atoms with Gasteiger partial charge in [-0.15, -0.1) is 0 Å². The lowest BCUT2D eigenvalue weighted by Gasteiger charge is -2.36. The van der Waals surface area contributed by atoms with Crippen LogP contribution in [0.15, 0.2) is 16.7 Å². The summed E-state index contributed by atoms with van der Waals surface area (Å²) >= 11 is 0. The van der Waals surface area contributed by atoms with Crippen molar-refractivity contribution in [1.82, 2.24) is 15.1 Å². The van der Waals surface area contributed by atoms with Crippen LogP contribution in [0.25, 0.3) is 0 Å². The van der Waals surface area contributed by atoms with E-state index in [4.69, 9.17) is 4.42 Å². The average Bonchev–Trinajstić information content (AvgIpc) is 2.83. The van der Waals surface area contributed by atoms with Gasteiger partial charge >= 0.3 is 0 Å². The van der Waals surface area contributed by atoms with Gasteiger partial charge in [0.05, 0.1) is 12.8 Å². The zero-order valence-electron chi connectivity index (χ0n) is 14.3. The van der Waals surface area contributed by atoms with Crippen LogP contribution in [0.2, 0.25) is 0 Å². The minimum absolute atomic E-state index is 0.116. The standard InChI is InChI=1S/C17H31N3O/c1-17(2,3)18-11-16-14(8-10-21-16)12-20-9-6-7-15(13-20)19(4)5/h8,10,15,18H,6-7,9,11-13H2,1-5H3. The molecule has 1 N–H and O–H groups in total. The molecule has 1 unspecified atom stereocenters. The van der Waals surface area contributed by atoms with E-state index in [-0.39, 0.29) is 5.54 Å². The molecule has 120 valence electrons. The van der Waals surface area contributed by atoms with Gasteiger partial charge in [0.1, 0.15) is 5.76 Å². The molecule has 21 heavy (non-hydrogen) atoms. The molecule has 1 saturated heterocycles. The number of rotatable bonds is 5. The number of nitrogens with one attached hydrogen (secondary N) is 1. The lowest BCUT2D eigenvalue weighted by atomic mass is 10.0. The van der Waals surface area contributed by atoms with Crippen molar-refractivity contribution in [3.8, 4) is 0 Å². The molecule has 4 heteroatoms. The van der Waals surface area contributed by atoms with E-state index in [1.807, 2.05) is 6.26 Å². The number of likely N-dealkylation sites (tertiary alicyclic amines) is 1. The lowest BCUT2D eigenvalue weighted by molar-refractivity contribution is 0.127. The Balaban J connectivity index is 1.92. The Bertz CT molecular complexity index is 433. The van der Waals surface area contributed by atoms with Crippen LogP contribution in [0.1, 0.15) is 44.9 Å². The predicted molar refractivity (Wildman–Crippen MR) is 87.3 cm³/mol. The maximum atomic E-state index is 5.68. The van der Waals surface area contributed by atoms with Crippen molar-refractivity contribution in [2.24, 2.45) is 0 Å². The molecule has 0 bridgehead atoms. The molecular formula is C17H31N3O. The second-order valence-corrected chi connectivity index (χ2v) is 7.47. The molecule has 2 heterocycles. The minimum Gasteiger partial charge on any atom is -0.468 e. The normalized spacial score (nSPS) is 21.1. The van der Waals surface area contributed by atoms with Crippen LogP contribution in [0.4, 0.5) is 0 Å². The highest BCUT2D eigenvalue weighted by molar-refractivity contribution is 5.17. The Morgan fingerprint density at radius 3 is 2.81 bits per heavy atom. The molecule has 2 rings (SSSR count). The first-order valence-electron chi connectivity index (χ1n) is 8.04. The highest BCUT2D eigenvalue weighted by atomic mass is 16.3. The Morgan fingerprint density at radius 1 is 1.38 bits per heavy atom. The summed E-state index contributed by atoms with van der Waals surface area (Å²) < 4.78 is 5.68. The Kier molecular flexibility index (Phi) is 5.47. The Hall–Kier alpha value is -0.840. The first-order valence-corrected chi connectivity index (χ1v) is 8.04.